The first-order chi connectivity index (χ1) is 15.8. The van der Waals surface area contributed by atoms with Crippen LogP contribution in [-0.4, -0.2) is 60.4 Å². The van der Waals surface area contributed by atoms with E-state index in [1.165, 1.54) is 33.5 Å². The lowest BCUT2D eigenvalue weighted by atomic mass is 10.1. The minimum atomic E-state index is -3.71. The van der Waals surface area contributed by atoms with Crippen LogP contribution >= 0.6 is 0 Å². The molecule has 33 heavy (non-hydrogen) atoms. The normalized spacial score (nSPS) is 15.0. The SMILES string of the molecule is CN(CCCc1cc(-c2ccc(F)cc2)n[nH]1)C(=O)c1ccc(S(=O)(=O)N2CCCCC2)o1. The van der Waals surface area contributed by atoms with Crippen LogP contribution in [0.5, 0.6) is 0 Å². The van der Waals surface area contributed by atoms with Gasteiger partial charge in [-0.05, 0) is 68.1 Å². The number of carbonyl (C=O) groups is 1. The molecule has 0 bridgehead atoms. The number of aromatic nitrogens is 2. The van der Waals surface area contributed by atoms with Gasteiger partial charge in [0.1, 0.15) is 5.82 Å². The largest absolute Gasteiger partial charge is 0.438 e. The van der Waals surface area contributed by atoms with Crippen molar-refractivity contribution in [1.29, 1.82) is 0 Å². The second-order valence-corrected chi connectivity index (χ2v) is 10.1. The number of amides is 1. The zero-order chi connectivity index (χ0) is 23.4. The van der Waals surface area contributed by atoms with E-state index in [1.807, 2.05) is 6.07 Å². The highest BCUT2D eigenvalue weighted by Crippen LogP contribution is 2.23. The molecule has 0 aliphatic carbocycles. The third-order valence-corrected chi connectivity index (χ3v) is 7.53. The lowest BCUT2D eigenvalue weighted by Crippen LogP contribution is -2.35. The van der Waals surface area contributed by atoms with Crippen molar-refractivity contribution in [2.75, 3.05) is 26.7 Å². The molecule has 8 nitrogen and oxygen atoms in total. The van der Waals surface area contributed by atoms with E-state index in [0.29, 0.717) is 32.5 Å². The first-order valence-electron chi connectivity index (χ1n) is 11.0. The van der Waals surface area contributed by atoms with Gasteiger partial charge in [-0.25, -0.2) is 12.8 Å². The number of hydrogen-bond donors (Lipinski definition) is 1. The van der Waals surface area contributed by atoms with Crippen molar-refractivity contribution in [2.45, 2.75) is 37.2 Å². The Morgan fingerprint density at radius 2 is 1.88 bits per heavy atom. The smallest absolute Gasteiger partial charge is 0.289 e. The van der Waals surface area contributed by atoms with Crippen LogP contribution in [0.2, 0.25) is 0 Å². The molecule has 2 aromatic heterocycles. The number of rotatable bonds is 8. The molecule has 3 heterocycles. The molecule has 1 N–H and O–H groups in total. The summed E-state index contributed by atoms with van der Waals surface area (Å²) in [5.41, 5.74) is 2.45. The molecule has 0 radical (unpaired) electrons. The van der Waals surface area contributed by atoms with Crippen molar-refractivity contribution in [3.63, 3.8) is 0 Å². The maximum atomic E-state index is 13.1. The summed E-state index contributed by atoms with van der Waals surface area (Å²) < 4.78 is 45.4. The van der Waals surface area contributed by atoms with Crippen LogP contribution in [-0.2, 0) is 16.4 Å². The summed E-state index contributed by atoms with van der Waals surface area (Å²) in [6.07, 6.45) is 4.02. The number of carbonyl (C=O) groups excluding carboxylic acids is 1. The molecule has 1 saturated heterocycles. The summed E-state index contributed by atoms with van der Waals surface area (Å²) in [4.78, 5) is 14.2. The van der Waals surface area contributed by atoms with E-state index in [2.05, 4.69) is 10.2 Å². The van der Waals surface area contributed by atoms with Gasteiger partial charge in [-0.3, -0.25) is 9.89 Å². The number of nitrogens with one attached hydrogen (secondary N) is 1. The number of hydrogen-bond acceptors (Lipinski definition) is 5. The first-order valence-corrected chi connectivity index (χ1v) is 12.4. The maximum absolute atomic E-state index is 13.1. The Labute approximate surface area is 192 Å². The van der Waals surface area contributed by atoms with Crippen molar-refractivity contribution < 1.29 is 22.0 Å². The molecule has 0 unspecified atom stereocenters. The van der Waals surface area contributed by atoms with Gasteiger partial charge in [-0.15, -0.1) is 0 Å². The highest BCUT2D eigenvalue weighted by molar-refractivity contribution is 7.89. The fourth-order valence-electron chi connectivity index (χ4n) is 3.86. The number of aryl methyl sites for hydroxylation is 1. The molecule has 1 amide bonds. The van der Waals surface area contributed by atoms with Crippen LogP contribution in [0.15, 0.2) is 52.0 Å². The number of nitrogens with zero attached hydrogens (tertiary/aromatic N) is 3. The van der Waals surface area contributed by atoms with Crippen molar-refractivity contribution in [3.05, 3.63) is 59.7 Å². The van der Waals surface area contributed by atoms with Crippen LogP contribution in [0.25, 0.3) is 11.3 Å². The topological polar surface area (TPSA) is 99.5 Å². The Balaban J connectivity index is 1.31. The number of piperidine rings is 1. The zero-order valence-corrected chi connectivity index (χ0v) is 19.3. The quantitative estimate of drug-likeness (QED) is 0.537. The maximum Gasteiger partial charge on any atom is 0.289 e. The molecule has 10 heteroatoms. The van der Waals surface area contributed by atoms with E-state index in [4.69, 9.17) is 4.42 Å². The number of H-pyrrole nitrogens is 1. The molecule has 3 aromatic rings. The van der Waals surface area contributed by atoms with Crippen molar-refractivity contribution in [2.24, 2.45) is 0 Å². The first kappa shape index (κ1) is 23.2. The minimum absolute atomic E-state index is 0.00761. The van der Waals surface area contributed by atoms with Crippen molar-refractivity contribution >= 4 is 15.9 Å². The van der Waals surface area contributed by atoms with Crippen molar-refractivity contribution in [3.8, 4) is 11.3 Å². The Hall–Kier alpha value is -2.98. The van der Waals surface area contributed by atoms with Crippen LogP contribution in [0.3, 0.4) is 0 Å². The van der Waals surface area contributed by atoms with Gasteiger partial charge in [-0.1, -0.05) is 6.42 Å². The zero-order valence-electron chi connectivity index (χ0n) is 18.5. The summed E-state index contributed by atoms with van der Waals surface area (Å²) in [5, 5.41) is 7.04. The van der Waals surface area contributed by atoms with E-state index < -0.39 is 10.0 Å². The standard InChI is InChI=1S/C23H27FN4O4S/c1-27(13-5-6-19-16-20(26-25-19)17-7-9-18(24)10-8-17)23(29)21-11-12-22(32-21)33(30,31)28-14-3-2-4-15-28/h7-12,16H,2-6,13-15H2,1H3,(H,25,26). The molecule has 1 fully saturated rings. The molecule has 0 saturated carbocycles. The predicted molar refractivity (Wildman–Crippen MR) is 121 cm³/mol. The second kappa shape index (κ2) is 9.88. The number of benzene rings is 1. The highest BCUT2D eigenvalue weighted by Gasteiger charge is 2.30. The van der Waals surface area contributed by atoms with Crippen LogP contribution in [0.1, 0.15) is 41.9 Å². The third-order valence-electron chi connectivity index (χ3n) is 5.76. The van der Waals surface area contributed by atoms with E-state index in [0.717, 1.165) is 36.2 Å². The molecular formula is C23H27FN4O4S. The van der Waals surface area contributed by atoms with Crippen LogP contribution < -0.4 is 0 Å². The molecule has 0 atom stereocenters. The molecule has 1 aliphatic rings. The molecular weight excluding hydrogens is 447 g/mol. The molecule has 4 rings (SSSR count). The third kappa shape index (κ3) is 5.33. The van der Waals surface area contributed by atoms with Gasteiger partial charge >= 0.3 is 0 Å². The summed E-state index contributed by atoms with van der Waals surface area (Å²) in [5.74, 6) is -0.657. The van der Waals surface area contributed by atoms with Crippen molar-refractivity contribution in [1.82, 2.24) is 19.4 Å². The Kier molecular flexibility index (Phi) is 6.94. The number of furan rings is 1. The highest BCUT2D eigenvalue weighted by atomic mass is 32.2. The monoisotopic (exact) mass is 474 g/mol. The van der Waals surface area contributed by atoms with E-state index >= 15 is 0 Å². The average molecular weight is 475 g/mol. The molecule has 0 spiro atoms. The van der Waals surface area contributed by atoms with E-state index in [9.17, 15) is 17.6 Å². The fraction of sp³-hybridized carbons (Fsp3) is 0.391. The summed E-state index contributed by atoms with van der Waals surface area (Å²) >= 11 is 0. The summed E-state index contributed by atoms with van der Waals surface area (Å²) in [6, 6.07) is 10.8. The summed E-state index contributed by atoms with van der Waals surface area (Å²) in [7, 11) is -2.06. The number of aromatic amines is 1. The fourth-order valence-corrected chi connectivity index (χ4v) is 5.29. The lowest BCUT2D eigenvalue weighted by molar-refractivity contribution is 0.0756. The van der Waals surface area contributed by atoms with Crippen LogP contribution in [0.4, 0.5) is 4.39 Å². The Morgan fingerprint density at radius 1 is 1.15 bits per heavy atom. The Bertz CT molecular complexity index is 1200. The molecule has 1 aliphatic heterocycles. The number of halogens is 1. The van der Waals surface area contributed by atoms with Gasteiger partial charge in [0, 0.05) is 37.9 Å². The van der Waals surface area contributed by atoms with E-state index in [1.54, 1.807) is 19.2 Å². The van der Waals surface area contributed by atoms with Gasteiger partial charge in [0.2, 0.25) is 5.09 Å². The summed E-state index contributed by atoms with van der Waals surface area (Å²) in [6.45, 7) is 1.41. The number of sulfonamides is 1. The molecule has 176 valence electrons. The van der Waals surface area contributed by atoms with Gasteiger partial charge in [0.15, 0.2) is 5.76 Å². The lowest BCUT2D eigenvalue weighted by Gasteiger charge is -2.24. The van der Waals surface area contributed by atoms with Gasteiger partial charge < -0.3 is 9.32 Å². The predicted octanol–water partition coefficient (Wildman–Crippen LogP) is 3.69. The molecule has 1 aromatic carbocycles. The Morgan fingerprint density at radius 3 is 2.61 bits per heavy atom. The minimum Gasteiger partial charge on any atom is -0.438 e. The van der Waals surface area contributed by atoms with Gasteiger partial charge in [-0.2, -0.15) is 9.40 Å². The van der Waals surface area contributed by atoms with Gasteiger partial charge in [0.05, 0.1) is 5.69 Å². The van der Waals surface area contributed by atoms with Crippen LogP contribution in [0, 0.1) is 5.82 Å². The van der Waals surface area contributed by atoms with Gasteiger partial charge in [0.25, 0.3) is 15.9 Å². The second-order valence-electron chi connectivity index (χ2n) is 8.20. The average Bonchev–Trinajstić information content (AvgIpc) is 3.50. The van der Waals surface area contributed by atoms with E-state index in [-0.39, 0.29) is 22.6 Å².